The van der Waals surface area contributed by atoms with Gasteiger partial charge in [0, 0.05) is 24.7 Å². The molecule has 3 aromatic rings. The summed E-state index contributed by atoms with van der Waals surface area (Å²) in [7, 11) is 1.37. The fraction of sp³-hybridized carbons (Fsp3) is 0.259. The Morgan fingerprint density at radius 2 is 1.83 bits per heavy atom. The first-order chi connectivity index (χ1) is 17.0. The third-order valence-electron chi connectivity index (χ3n) is 6.34. The predicted molar refractivity (Wildman–Crippen MR) is 126 cm³/mol. The van der Waals surface area contributed by atoms with Gasteiger partial charge in [-0.3, -0.25) is 14.5 Å². The second-order valence-corrected chi connectivity index (χ2v) is 8.65. The van der Waals surface area contributed by atoms with Gasteiger partial charge in [0.15, 0.2) is 11.5 Å². The van der Waals surface area contributed by atoms with Gasteiger partial charge in [-0.2, -0.15) is 0 Å². The maximum atomic E-state index is 13.5. The van der Waals surface area contributed by atoms with Crippen LogP contribution in [-0.2, 0) is 16.1 Å². The zero-order chi connectivity index (χ0) is 24.4. The van der Waals surface area contributed by atoms with E-state index in [1.165, 1.54) is 19.2 Å². The molecular weight excluding hydrogens is 451 g/mol. The highest BCUT2D eigenvalue weighted by Crippen LogP contribution is 2.33. The molecule has 8 heteroatoms. The van der Waals surface area contributed by atoms with Crippen LogP contribution in [-0.4, -0.2) is 49.3 Å². The van der Waals surface area contributed by atoms with Gasteiger partial charge >= 0.3 is 5.97 Å². The molecular formula is C27H25FN2O5. The van der Waals surface area contributed by atoms with Crippen LogP contribution in [0.25, 0.3) is 11.1 Å². The normalized spacial score (nSPS) is 18.9. The molecule has 5 rings (SSSR count). The molecule has 180 valence electrons. The number of hydrogen-bond donors (Lipinski definition) is 1. The van der Waals surface area contributed by atoms with Crippen molar-refractivity contribution in [2.75, 3.05) is 20.4 Å². The van der Waals surface area contributed by atoms with Crippen molar-refractivity contribution in [3.05, 3.63) is 83.7 Å². The summed E-state index contributed by atoms with van der Waals surface area (Å²) in [4.78, 5) is 27.4. The molecule has 1 amide bonds. The van der Waals surface area contributed by atoms with Gasteiger partial charge in [-0.1, -0.05) is 30.3 Å². The SMILES string of the molecule is COC(=O)[C@@H]1C[C@H](NC(=O)c2ccc(-c3cccc(F)c3)cc2)CN1Cc1ccc2c(c1)OCO2. The third kappa shape index (κ3) is 4.97. The first-order valence-electron chi connectivity index (χ1n) is 11.4. The number of rotatable bonds is 6. The molecule has 35 heavy (non-hydrogen) atoms. The highest BCUT2D eigenvalue weighted by molar-refractivity contribution is 5.95. The molecule has 0 unspecified atom stereocenters. The maximum absolute atomic E-state index is 13.5. The van der Waals surface area contributed by atoms with Gasteiger partial charge in [0.1, 0.15) is 11.9 Å². The van der Waals surface area contributed by atoms with Crippen LogP contribution in [0.4, 0.5) is 4.39 Å². The number of halogens is 1. The molecule has 1 saturated heterocycles. The van der Waals surface area contributed by atoms with Crippen LogP contribution in [0.2, 0.25) is 0 Å². The van der Waals surface area contributed by atoms with E-state index in [9.17, 15) is 14.0 Å². The van der Waals surface area contributed by atoms with Crippen LogP contribution in [0.1, 0.15) is 22.3 Å². The lowest BCUT2D eigenvalue weighted by atomic mass is 10.0. The van der Waals surface area contributed by atoms with E-state index < -0.39 is 6.04 Å². The molecule has 2 heterocycles. The Labute approximate surface area is 202 Å². The number of nitrogens with one attached hydrogen (secondary N) is 1. The van der Waals surface area contributed by atoms with Gasteiger partial charge in [0.05, 0.1) is 7.11 Å². The molecule has 0 bridgehead atoms. The summed E-state index contributed by atoms with van der Waals surface area (Å²) in [6.07, 6.45) is 0.449. The minimum absolute atomic E-state index is 0.199. The Kier molecular flexibility index (Phi) is 6.37. The van der Waals surface area contributed by atoms with E-state index in [2.05, 4.69) is 5.32 Å². The Hall–Kier alpha value is -3.91. The molecule has 0 aliphatic carbocycles. The van der Waals surface area contributed by atoms with Gasteiger partial charge in [0.2, 0.25) is 6.79 Å². The monoisotopic (exact) mass is 476 g/mol. The molecule has 3 aromatic carbocycles. The van der Waals surface area contributed by atoms with Gasteiger partial charge < -0.3 is 19.5 Å². The molecule has 1 fully saturated rings. The smallest absolute Gasteiger partial charge is 0.323 e. The van der Waals surface area contributed by atoms with Gasteiger partial charge in [-0.05, 0) is 59.5 Å². The van der Waals surface area contributed by atoms with Crippen molar-refractivity contribution in [3.63, 3.8) is 0 Å². The van der Waals surface area contributed by atoms with Crippen molar-refractivity contribution in [3.8, 4) is 22.6 Å². The van der Waals surface area contributed by atoms with Crippen LogP contribution in [0.3, 0.4) is 0 Å². The zero-order valence-corrected chi connectivity index (χ0v) is 19.2. The largest absolute Gasteiger partial charge is 0.468 e. The number of likely N-dealkylation sites (tertiary alicyclic amines) is 1. The van der Waals surface area contributed by atoms with Gasteiger partial charge in [0.25, 0.3) is 5.91 Å². The summed E-state index contributed by atoms with van der Waals surface area (Å²) in [5.74, 6) is 0.517. The first kappa shape index (κ1) is 22.9. The van der Waals surface area contributed by atoms with Crippen molar-refractivity contribution >= 4 is 11.9 Å². The fourth-order valence-corrected chi connectivity index (χ4v) is 4.59. The Morgan fingerprint density at radius 1 is 1.03 bits per heavy atom. The predicted octanol–water partition coefficient (Wildman–Crippen LogP) is 3.77. The fourth-order valence-electron chi connectivity index (χ4n) is 4.59. The lowest BCUT2D eigenvalue weighted by Crippen LogP contribution is -2.37. The number of benzene rings is 3. The highest BCUT2D eigenvalue weighted by atomic mass is 19.1. The number of fused-ring (bicyclic) bond motifs is 1. The number of hydrogen-bond acceptors (Lipinski definition) is 6. The van der Waals surface area contributed by atoms with Gasteiger partial charge in [-0.15, -0.1) is 0 Å². The van der Waals surface area contributed by atoms with E-state index >= 15 is 0 Å². The van der Waals surface area contributed by atoms with E-state index in [-0.39, 0.29) is 30.5 Å². The first-order valence-corrected chi connectivity index (χ1v) is 11.4. The summed E-state index contributed by atoms with van der Waals surface area (Å²) in [6.45, 7) is 1.21. The molecule has 0 spiro atoms. The van der Waals surface area contributed by atoms with Gasteiger partial charge in [-0.25, -0.2) is 4.39 Å². The zero-order valence-electron chi connectivity index (χ0n) is 19.2. The van der Waals surface area contributed by atoms with Crippen LogP contribution in [0, 0.1) is 5.82 Å². The Bertz CT molecular complexity index is 1250. The van der Waals surface area contributed by atoms with Crippen LogP contribution in [0.5, 0.6) is 11.5 Å². The highest BCUT2D eigenvalue weighted by Gasteiger charge is 2.38. The molecule has 0 radical (unpaired) electrons. The molecule has 2 aliphatic heterocycles. The van der Waals surface area contributed by atoms with Crippen LogP contribution < -0.4 is 14.8 Å². The summed E-state index contributed by atoms with van der Waals surface area (Å²) >= 11 is 0. The summed E-state index contributed by atoms with van der Waals surface area (Å²) in [6, 6.07) is 18.3. The van der Waals surface area contributed by atoms with E-state index in [1.54, 1.807) is 30.3 Å². The van der Waals surface area contributed by atoms with Crippen molar-refractivity contribution in [1.29, 1.82) is 0 Å². The van der Waals surface area contributed by atoms with Crippen molar-refractivity contribution in [1.82, 2.24) is 10.2 Å². The molecule has 2 aliphatic rings. The third-order valence-corrected chi connectivity index (χ3v) is 6.34. The maximum Gasteiger partial charge on any atom is 0.323 e. The number of carbonyl (C=O) groups excluding carboxylic acids is 2. The summed E-state index contributed by atoms with van der Waals surface area (Å²) < 4.78 is 29.4. The number of ether oxygens (including phenoxy) is 3. The average Bonchev–Trinajstić information content (AvgIpc) is 3.50. The van der Waals surface area contributed by atoms with Crippen LogP contribution in [0.15, 0.2) is 66.7 Å². The number of esters is 1. The second-order valence-electron chi connectivity index (χ2n) is 8.65. The second kappa shape index (κ2) is 9.76. The molecule has 2 atom stereocenters. The van der Waals surface area contributed by atoms with E-state index in [0.29, 0.717) is 36.6 Å². The number of amides is 1. The van der Waals surface area contributed by atoms with E-state index in [0.717, 1.165) is 16.7 Å². The lowest BCUT2D eigenvalue weighted by molar-refractivity contribution is -0.146. The molecule has 0 aromatic heterocycles. The van der Waals surface area contributed by atoms with Crippen molar-refractivity contribution in [2.24, 2.45) is 0 Å². The van der Waals surface area contributed by atoms with E-state index in [4.69, 9.17) is 14.2 Å². The summed E-state index contributed by atoms with van der Waals surface area (Å²) in [5, 5.41) is 3.04. The topological polar surface area (TPSA) is 77.1 Å². The minimum Gasteiger partial charge on any atom is -0.468 e. The van der Waals surface area contributed by atoms with E-state index in [1.807, 2.05) is 29.2 Å². The molecule has 7 nitrogen and oxygen atoms in total. The Morgan fingerprint density at radius 3 is 2.60 bits per heavy atom. The lowest BCUT2D eigenvalue weighted by Gasteiger charge is -2.22. The van der Waals surface area contributed by atoms with Crippen LogP contribution >= 0.6 is 0 Å². The van der Waals surface area contributed by atoms with Crippen molar-refractivity contribution < 1.29 is 28.2 Å². The molecule has 0 saturated carbocycles. The number of nitrogens with zero attached hydrogens (tertiary/aromatic N) is 1. The van der Waals surface area contributed by atoms with Crippen molar-refractivity contribution in [2.45, 2.75) is 25.0 Å². The molecule has 1 N–H and O–H groups in total. The number of carbonyl (C=O) groups is 2. The average molecular weight is 477 g/mol. The standard InChI is InChI=1S/C27H25FN2O5/c1-33-27(32)23-13-22(15-30(23)14-17-5-10-24-25(11-17)35-16-34-24)29-26(31)19-8-6-18(7-9-19)20-3-2-4-21(28)12-20/h2-12,22-23H,13-16H2,1H3,(H,29,31)/t22-,23-/m0/s1. The Balaban J connectivity index is 1.25. The quantitative estimate of drug-likeness (QED) is 0.546. The summed E-state index contributed by atoms with van der Waals surface area (Å²) in [5.41, 5.74) is 3.03. The number of methoxy groups -OCH3 is 1. The minimum atomic E-state index is -0.467.